The van der Waals surface area contributed by atoms with E-state index < -0.39 is 0 Å². The van der Waals surface area contributed by atoms with Crippen LogP contribution >= 0.6 is 12.6 Å². The molecule has 0 aliphatic heterocycles. The normalized spacial score (nSPS) is 9.18. The Morgan fingerprint density at radius 3 is 2.36 bits per heavy atom. The molecule has 0 aromatic heterocycles. The lowest BCUT2D eigenvalue weighted by molar-refractivity contribution is 1.42. The first-order chi connectivity index (χ1) is 5.29. The van der Waals surface area contributed by atoms with Gasteiger partial charge in [0.15, 0.2) is 0 Å². The van der Waals surface area contributed by atoms with E-state index in [2.05, 4.69) is 25.8 Å². The zero-order valence-corrected chi connectivity index (χ0v) is 7.14. The molecule has 1 aromatic carbocycles. The molecule has 0 heterocycles. The van der Waals surface area contributed by atoms with Crippen molar-refractivity contribution in [1.29, 1.82) is 0 Å². The standard InChI is InChI=1S/C10H10S/c1-3-8-6-5-7-10(11)9(8)4-2/h3-7,11H,1-2H2. The van der Waals surface area contributed by atoms with Crippen LogP contribution in [0.25, 0.3) is 12.2 Å². The Kier molecular flexibility index (Phi) is 2.55. The number of rotatable bonds is 2. The fraction of sp³-hybridized carbons (Fsp3) is 0. The van der Waals surface area contributed by atoms with Gasteiger partial charge in [-0.15, -0.1) is 12.6 Å². The SMILES string of the molecule is C=Cc1cccc(S)c1C=C. The van der Waals surface area contributed by atoms with Crippen LogP contribution in [0.15, 0.2) is 36.3 Å². The van der Waals surface area contributed by atoms with Crippen molar-refractivity contribution < 1.29 is 0 Å². The van der Waals surface area contributed by atoms with Gasteiger partial charge in [-0.2, -0.15) is 0 Å². The van der Waals surface area contributed by atoms with Gasteiger partial charge in [-0.1, -0.05) is 37.4 Å². The highest BCUT2D eigenvalue weighted by Crippen LogP contribution is 2.19. The van der Waals surface area contributed by atoms with Crippen molar-refractivity contribution >= 4 is 24.8 Å². The fourth-order valence-corrected chi connectivity index (χ4v) is 1.28. The van der Waals surface area contributed by atoms with E-state index >= 15 is 0 Å². The summed E-state index contributed by atoms with van der Waals surface area (Å²) in [7, 11) is 0. The van der Waals surface area contributed by atoms with Gasteiger partial charge in [-0.05, 0) is 17.2 Å². The van der Waals surface area contributed by atoms with Crippen LogP contribution in [0.4, 0.5) is 0 Å². The zero-order valence-electron chi connectivity index (χ0n) is 6.25. The van der Waals surface area contributed by atoms with Crippen molar-refractivity contribution in [2.24, 2.45) is 0 Å². The fourth-order valence-electron chi connectivity index (χ4n) is 0.971. The Hall–Kier alpha value is -0.950. The molecule has 56 valence electrons. The Balaban J connectivity index is 3.35. The molecule has 0 saturated carbocycles. The summed E-state index contributed by atoms with van der Waals surface area (Å²) in [6.45, 7) is 7.40. The Bertz CT molecular complexity index is 287. The maximum atomic E-state index is 4.28. The molecule has 0 nitrogen and oxygen atoms in total. The van der Waals surface area contributed by atoms with Gasteiger partial charge in [0.1, 0.15) is 0 Å². The first-order valence-corrected chi connectivity index (χ1v) is 3.81. The first kappa shape index (κ1) is 8.15. The summed E-state index contributed by atoms with van der Waals surface area (Å²) in [5.74, 6) is 0. The molecular formula is C10H10S. The minimum Gasteiger partial charge on any atom is -0.143 e. The maximum Gasteiger partial charge on any atom is 0.0118 e. The van der Waals surface area contributed by atoms with Gasteiger partial charge in [0.05, 0.1) is 0 Å². The largest absolute Gasteiger partial charge is 0.143 e. The summed E-state index contributed by atoms with van der Waals surface area (Å²) >= 11 is 4.28. The van der Waals surface area contributed by atoms with Crippen molar-refractivity contribution in [1.82, 2.24) is 0 Å². The number of hydrogen-bond donors (Lipinski definition) is 1. The summed E-state index contributed by atoms with van der Waals surface area (Å²) in [5.41, 5.74) is 2.12. The summed E-state index contributed by atoms with van der Waals surface area (Å²) < 4.78 is 0. The van der Waals surface area contributed by atoms with Crippen LogP contribution in [-0.4, -0.2) is 0 Å². The second kappa shape index (κ2) is 3.44. The lowest BCUT2D eigenvalue weighted by Crippen LogP contribution is -1.80. The van der Waals surface area contributed by atoms with E-state index in [1.54, 1.807) is 12.2 Å². The van der Waals surface area contributed by atoms with Crippen LogP contribution in [0, 0.1) is 0 Å². The lowest BCUT2D eigenvalue weighted by atomic mass is 10.1. The predicted octanol–water partition coefficient (Wildman–Crippen LogP) is 3.26. The summed E-state index contributed by atoms with van der Waals surface area (Å²) in [4.78, 5) is 0.942. The van der Waals surface area contributed by atoms with Crippen molar-refractivity contribution in [2.45, 2.75) is 4.90 Å². The maximum absolute atomic E-state index is 4.28. The van der Waals surface area contributed by atoms with Gasteiger partial charge in [0.25, 0.3) is 0 Å². The number of hydrogen-bond acceptors (Lipinski definition) is 1. The summed E-state index contributed by atoms with van der Waals surface area (Å²) in [6, 6.07) is 5.88. The van der Waals surface area contributed by atoms with Crippen LogP contribution in [0.1, 0.15) is 11.1 Å². The molecule has 1 rings (SSSR count). The quantitative estimate of drug-likeness (QED) is 0.634. The summed E-state index contributed by atoms with van der Waals surface area (Å²) in [5, 5.41) is 0. The van der Waals surface area contributed by atoms with Crippen molar-refractivity contribution in [2.75, 3.05) is 0 Å². The third kappa shape index (κ3) is 1.55. The molecule has 0 fully saturated rings. The van der Waals surface area contributed by atoms with Gasteiger partial charge in [-0.3, -0.25) is 0 Å². The molecule has 0 aliphatic carbocycles. The first-order valence-electron chi connectivity index (χ1n) is 3.36. The van der Waals surface area contributed by atoms with E-state index in [4.69, 9.17) is 0 Å². The molecule has 0 aliphatic rings. The molecule has 0 amide bonds. The highest BCUT2D eigenvalue weighted by molar-refractivity contribution is 7.80. The Morgan fingerprint density at radius 2 is 1.91 bits per heavy atom. The Morgan fingerprint density at radius 1 is 1.18 bits per heavy atom. The second-order valence-electron chi connectivity index (χ2n) is 2.19. The van der Waals surface area contributed by atoms with Crippen LogP contribution in [0.2, 0.25) is 0 Å². The Labute approximate surface area is 72.7 Å². The third-order valence-corrected chi connectivity index (χ3v) is 1.93. The molecular weight excluding hydrogens is 152 g/mol. The molecule has 0 spiro atoms. The van der Waals surface area contributed by atoms with Crippen molar-refractivity contribution in [3.8, 4) is 0 Å². The third-order valence-electron chi connectivity index (χ3n) is 1.54. The van der Waals surface area contributed by atoms with Crippen molar-refractivity contribution in [3.63, 3.8) is 0 Å². The summed E-state index contributed by atoms with van der Waals surface area (Å²) in [6.07, 6.45) is 3.59. The van der Waals surface area contributed by atoms with Crippen LogP contribution in [0.3, 0.4) is 0 Å². The van der Waals surface area contributed by atoms with E-state index in [-0.39, 0.29) is 0 Å². The highest BCUT2D eigenvalue weighted by atomic mass is 32.1. The molecule has 0 unspecified atom stereocenters. The average Bonchev–Trinajstić information content (AvgIpc) is 2.04. The lowest BCUT2D eigenvalue weighted by Gasteiger charge is -2.02. The molecule has 1 aromatic rings. The van der Waals surface area contributed by atoms with E-state index in [0.29, 0.717) is 0 Å². The smallest absolute Gasteiger partial charge is 0.0118 e. The van der Waals surface area contributed by atoms with Gasteiger partial charge >= 0.3 is 0 Å². The van der Waals surface area contributed by atoms with Gasteiger partial charge in [0, 0.05) is 4.90 Å². The zero-order chi connectivity index (χ0) is 8.27. The van der Waals surface area contributed by atoms with Crippen LogP contribution in [-0.2, 0) is 0 Å². The predicted molar refractivity (Wildman–Crippen MR) is 53.9 cm³/mol. The topological polar surface area (TPSA) is 0 Å². The minimum absolute atomic E-state index is 0.942. The van der Waals surface area contributed by atoms with E-state index in [1.165, 1.54) is 0 Å². The van der Waals surface area contributed by atoms with Crippen molar-refractivity contribution in [3.05, 3.63) is 42.5 Å². The second-order valence-corrected chi connectivity index (χ2v) is 2.67. The minimum atomic E-state index is 0.942. The van der Waals surface area contributed by atoms with Crippen LogP contribution in [0.5, 0.6) is 0 Å². The number of benzene rings is 1. The van der Waals surface area contributed by atoms with Gasteiger partial charge in [0.2, 0.25) is 0 Å². The van der Waals surface area contributed by atoms with Gasteiger partial charge < -0.3 is 0 Å². The number of thiol groups is 1. The molecule has 0 radical (unpaired) electrons. The molecule has 0 N–H and O–H groups in total. The molecule has 0 atom stereocenters. The van der Waals surface area contributed by atoms with E-state index in [9.17, 15) is 0 Å². The average molecular weight is 162 g/mol. The van der Waals surface area contributed by atoms with Gasteiger partial charge in [-0.25, -0.2) is 0 Å². The highest BCUT2D eigenvalue weighted by Gasteiger charge is 1.97. The molecule has 0 bridgehead atoms. The molecule has 1 heteroatoms. The molecule has 11 heavy (non-hydrogen) atoms. The molecule has 0 saturated heterocycles. The van der Waals surface area contributed by atoms with E-state index in [1.807, 2.05) is 18.2 Å². The van der Waals surface area contributed by atoms with Crippen LogP contribution < -0.4 is 0 Å². The van der Waals surface area contributed by atoms with E-state index in [0.717, 1.165) is 16.0 Å². The monoisotopic (exact) mass is 162 g/mol.